The summed E-state index contributed by atoms with van der Waals surface area (Å²) in [6.45, 7) is 6.28. The molecule has 0 N–H and O–H groups in total. The zero-order chi connectivity index (χ0) is 13.5. The molecule has 0 spiro atoms. The number of halogens is 1. The molecule has 0 saturated heterocycles. The molecule has 0 amide bonds. The van der Waals surface area contributed by atoms with Crippen LogP contribution in [0.5, 0.6) is 0 Å². The highest BCUT2D eigenvalue weighted by atomic mass is 79.9. The lowest BCUT2D eigenvalue weighted by Gasteiger charge is -2.29. The average molecular weight is 343 g/mol. The van der Waals surface area contributed by atoms with Crippen molar-refractivity contribution in [1.29, 1.82) is 0 Å². The largest absolute Gasteiger partial charge is 0.338 e. The van der Waals surface area contributed by atoms with Crippen LogP contribution >= 0.6 is 27.3 Å². The van der Waals surface area contributed by atoms with E-state index in [1.807, 2.05) is 0 Å². The second-order valence-corrected chi connectivity index (χ2v) is 8.16. The van der Waals surface area contributed by atoms with E-state index in [1.54, 1.807) is 11.3 Å². The Morgan fingerprint density at radius 1 is 1.58 bits per heavy atom. The van der Waals surface area contributed by atoms with Crippen molar-refractivity contribution in [3.8, 4) is 0 Å². The molecule has 1 saturated carbocycles. The van der Waals surface area contributed by atoms with Gasteiger partial charge in [0.2, 0.25) is 6.35 Å². The van der Waals surface area contributed by atoms with Crippen LogP contribution in [0.1, 0.15) is 33.1 Å². The standard InChI is InChI=1S/C14H19BrN2OS/c1-3-6-17-8-10-7-11(15)19-12(10)16-13(17)18-9-14(2)4-5-14/h7-8,13H,3-6,9H2,1-2H3. The minimum Gasteiger partial charge on any atom is -0.338 e. The van der Waals surface area contributed by atoms with Crippen molar-refractivity contribution in [3.05, 3.63) is 19.7 Å². The van der Waals surface area contributed by atoms with Crippen LogP contribution in [-0.4, -0.2) is 24.4 Å². The fourth-order valence-electron chi connectivity index (χ4n) is 2.17. The maximum absolute atomic E-state index is 6.06. The molecule has 1 fully saturated rings. The first kappa shape index (κ1) is 13.6. The third-order valence-corrected chi connectivity index (χ3v) is 5.25. The van der Waals surface area contributed by atoms with Crippen LogP contribution in [0.25, 0.3) is 6.20 Å². The summed E-state index contributed by atoms with van der Waals surface area (Å²) in [5, 5.41) is 1.20. The van der Waals surface area contributed by atoms with Crippen molar-refractivity contribution in [1.82, 2.24) is 4.90 Å². The van der Waals surface area contributed by atoms with Gasteiger partial charge in [-0.3, -0.25) is 0 Å². The zero-order valence-corrected chi connectivity index (χ0v) is 13.8. The first-order valence-corrected chi connectivity index (χ1v) is 8.43. The summed E-state index contributed by atoms with van der Waals surface area (Å²) < 4.78 is 8.26. The van der Waals surface area contributed by atoms with Gasteiger partial charge in [0.25, 0.3) is 0 Å². The van der Waals surface area contributed by atoms with Crippen molar-refractivity contribution in [2.75, 3.05) is 13.2 Å². The van der Waals surface area contributed by atoms with Gasteiger partial charge in [-0.25, -0.2) is 4.99 Å². The Bertz CT molecular complexity index is 579. The third-order valence-electron chi connectivity index (χ3n) is 3.69. The fraction of sp³-hybridized carbons (Fsp3) is 0.643. The van der Waals surface area contributed by atoms with Crippen molar-refractivity contribution < 1.29 is 4.74 Å². The number of rotatable bonds is 5. The van der Waals surface area contributed by atoms with E-state index in [1.165, 1.54) is 18.1 Å². The van der Waals surface area contributed by atoms with Gasteiger partial charge in [0.05, 0.1) is 10.4 Å². The summed E-state index contributed by atoms with van der Waals surface area (Å²) in [6, 6.07) is 2.13. The second kappa shape index (κ2) is 5.19. The van der Waals surface area contributed by atoms with Gasteiger partial charge >= 0.3 is 0 Å². The minimum absolute atomic E-state index is 0.143. The van der Waals surface area contributed by atoms with E-state index in [0.717, 1.165) is 28.0 Å². The molecule has 1 aromatic heterocycles. The lowest BCUT2D eigenvalue weighted by Crippen LogP contribution is -2.42. The summed E-state index contributed by atoms with van der Waals surface area (Å²) in [6.07, 6.45) is 5.71. The molecular weight excluding hydrogens is 324 g/mol. The van der Waals surface area contributed by atoms with E-state index in [4.69, 9.17) is 9.73 Å². The molecule has 2 heterocycles. The Kier molecular flexibility index (Phi) is 3.71. The predicted molar refractivity (Wildman–Crippen MR) is 81.3 cm³/mol. The molecule has 5 heteroatoms. The number of fused-ring (bicyclic) bond motifs is 1. The van der Waals surface area contributed by atoms with E-state index in [-0.39, 0.29) is 6.35 Å². The molecule has 0 radical (unpaired) electrons. The molecule has 104 valence electrons. The summed E-state index contributed by atoms with van der Waals surface area (Å²) in [5.41, 5.74) is 0.406. The van der Waals surface area contributed by atoms with Gasteiger partial charge < -0.3 is 9.64 Å². The SMILES string of the molecule is CCCN1C=c2cc(Br)sc2=NC1OCC1(C)CC1. The Morgan fingerprint density at radius 3 is 3.05 bits per heavy atom. The fourth-order valence-corrected chi connectivity index (χ4v) is 3.62. The Hall–Kier alpha value is -0.390. The van der Waals surface area contributed by atoms with Gasteiger partial charge in [0.1, 0.15) is 4.67 Å². The average Bonchev–Trinajstić information content (AvgIpc) is 2.98. The quantitative estimate of drug-likeness (QED) is 0.821. The molecular formula is C14H19BrN2OS. The first-order chi connectivity index (χ1) is 9.09. The van der Waals surface area contributed by atoms with E-state index in [2.05, 4.69) is 46.9 Å². The van der Waals surface area contributed by atoms with Crippen LogP contribution < -0.4 is 9.89 Å². The molecule has 1 aliphatic heterocycles. The van der Waals surface area contributed by atoms with Gasteiger partial charge in [-0.1, -0.05) is 13.8 Å². The van der Waals surface area contributed by atoms with Crippen molar-refractivity contribution in [2.24, 2.45) is 10.4 Å². The van der Waals surface area contributed by atoms with Crippen LogP contribution in [-0.2, 0) is 4.74 Å². The van der Waals surface area contributed by atoms with Gasteiger partial charge in [0.15, 0.2) is 0 Å². The molecule has 1 atom stereocenters. The minimum atomic E-state index is -0.143. The molecule has 1 aliphatic carbocycles. The summed E-state index contributed by atoms with van der Waals surface area (Å²) in [5.74, 6) is 0. The van der Waals surface area contributed by atoms with Crippen molar-refractivity contribution in [2.45, 2.75) is 39.5 Å². The number of ether oxygens (including phenoxy) is 1. The van der Waals surface area contributed by atoms with Gasteiger partial charge in [-0.2, -0.15) is 0 Å². The van der Waals surface area contributed by atoms with Crippen LogP contribution in [0.15, 0.2) is 14.8 Å². The molecule has 1 aromatic rings. The van der Waals surface area contributed by atoms with Gasteiger partial charge in [0, 0.05) is 18.0 Å². The normalized spacial score (nSPS) is 23.5. The van der Waals surface area contributed by atoms with E-state index >= 15 is 0 Å². The lowest BCUT2D eigenvalue weighted by molar-refractivity contribution is -0.0437. The second-order valence-electron chi connectivity index (χ2n) is 5.75. The number of nitrogens with zero attached hydrogens (tertiary/aromatic N) is 2. The Balaban J connectivity index is 1.81. The van der Waals surface area contributed by atoms with Crippen molar-refractivity contribution >= 4 is 33.5 Å². The van der Waals surface area contributed by atoms with Gasteiger partial charge in [-0.05, 0) is 46.7 Å². The molecule has 3 nitrogen and oxygen atoms in total. The first-order valence-electron chi connectivity index (χ1n) is 6.82. The monoisotopic (exact) mass is 342 g/mol. The molecule has 1 unspecified atom stereocenters. The molecule has 2 aliphatic rings. The van der Waals surface area contributed by atoms with Crippen LogP contribution in [0.4, 0.5) is 0 Å². The Labute approximate surface area is 126 Å². The topological polar surface area (TPSA) is 24.8 Å². The Morgan fingerprint density at radius 2 is 2.37 bits per heavy atom. The summed E-state index contributed by atoms with van der Waals surface area (Å²) >= 11 is 5.21. The predicted octanol–water partition coefficient (Wildman–Crippen LogP) is 2.69. The van der Waals surface area contributed by atoms with Crippen molar-refractivity contribution in [3.63, 3.8) is 0 Å². The molecule has 0 aromatic carbocycles. The molecule has 0 bridgehead atoms. The summed E-state index contributed by atoms with van der Waals surface area (Å²) in [4.78, 5) is 6.97. The van der Waals surface area contributed by atoms with Crippen LogP contribution in [0.3, 0.4) is 0 Å². The maximum Gasteiger partial charge on any atom is 0.229 e. The molecule has 3 rings (SSSR count). The van der Waals surface area contributed by atoms with Gasteiger partial charge in [-0.15, -0.1) is 11.3 Å². The smallest absolute Gasteiger partial charge is 0.229 e. The zero-order valence-electron chi connectivity index (χ0n) is 11.4. The number of thiophene rings is 1. The van der Waals surface area contributed by atoms with E-state index in [9.17, 15) is 0 Å². The number of hydrogen-bond acceptors (Lipinski definition) is 4. The summed E-state index contributed by atoms with van der Waals surface area (Å²) in [7, 11) is 0. The highest BCUT2D eigenvalue weighted by Crippen LogP contribution is 2.45. The third kappa shape index (κ3) is 3.03. The van der Waals surface area contributed by atoms with Crippen LogP contribution in [0, 0.1) is 5.41 Å². The van der Waals surface area contributed by atoms with E-state index in [0.29, 0.717) is 5.41 Å². The molecule has 19 heavy (non-hydrogen) atoms. The number of hydrogen-bond donors (Lipinski definition) is 0. The lowest BCUT2D eigenvalue weighted by atomic mass is 10.2. The maximum atomic E-state index is 6.06. The van der Waals surface area contributed by atoms with Crippen LogP contribution in [0.2, 0.25) is 0 Å². The van der Waals surface area contributed by atoms with E-state index < -0.39 is 0 Å². The highest BCUT2D eigenvalue weighted by Gasteiger charge is 2.38. The highest BCUT2D eigenvalue weighted by molar-refractivity contribution is 9.11.